The maximum Gasteiger partial charge on any atom is 0.338 e. The number of thioether (sulfide) groups is 1. The van der Waals surface area contributed by atoms with E-state index in [-0.39, 0.29) is 22.4 Å². The smallest absolute Gasteiger partial charge is 0.338 e. The van der Waals surface area contributed by atoms with Gasteiger partial charge in [0.2, 0.25) is 0 Å². The highest BCUT2D eigenvalue weighted by Crippen LogP contribution is 2.35. The van der Waals surface area contributed by atoms with E-state index < -0.39 is 17.5 Å². The average Bonchev–Trinajstić information content (AvgIpc) is 3.42. The number of hydrogen-bond acceptors (Lipinski definition) is 6. The van der Waals surface area contributed by atoms with Crippen molar-refractivity contribution in [2.24, 2.45) is 0 Å². The molecule has 1 saturated heterocycles. The molecular formula is C26H21F2NO4S2. The van der Waals surface area contributed by atoms with Crippen LogP contribution in [0, 0.1) is 11.6 Å². The number of thiocarbonyl (C=S) groups is 1. The van der Waals surface area contributed by atoms with E-state index in [1.165, 1.54) is 17.0 Å². The van der Waals surface area contributed by atoms with Gasteiger partial charge in [0.15, 0.2) is 11.6 Å². The maximum absolute atomic E-state index is 14.0. The molecule has 1 aliphatic heterocycles. The second kappa shape index (κ2) is 11.0. The number of unbranched alkanes of at least 4 members (excludes halogenated alkanes) is 1. The van der Waals surface area contributed by atoms with Crippen LogP contribution in [-0.4, -0.2) is 27.7 Å². The number of amides is 1. The minimum atomic E-state index is -0.999. The topological polar surface area (TPSA) is 59.8 Å². The van der Waals surface area contributed by atoms with Crippen molar-refractivity contribution in [1.29, 1.82) is 0 Å². The highest BCUT2D eigenvalue weighted by atomic mass is 32.2. The Balaban J connectivity index is 1.45. The Morgan fingerprint density at radius 2 is 1.91 bits per heavy atom. The summed E-state index contributed by atoms with van der Waals surface area (Å²) in [4.78, 5) is 26.4. The van der Waals surface area contributed by atoms with Gasteiger partial charge < -0.3 is 9.15 Å². The zero-order chi connectivity index (χ0) is 24.9. The van der Waals surface area contributed by atoms with Crippen LogP contribution in [0.25, 0.3) is 17.4 Å². The molecule has 1 aromatic heterocycles. The van der Waals surface area contributed by atoms with Crippen LogP contribution in [0.4, 0.5) is 8.78 Å². The van der Waals surface area contributed by atoms with Gasteiger partial charge in [-0.15, -0.1) is 0 Å². The number of ether oxygens (including phenoxy) is 1. The molecular weight excluding hydrogens is 492 g/mol. The van der Waals surface area contributed by atoms with Crippen molar-refractivity contribution in [3.63, 3.8) is 0 Å². The van der Waals surface area contributed by atoms with Gasteiger partial charge in [-0.1, -0.05) is 61.6 Å². The number of carbonyl (C=O) groups is 2. The molecule has 35 heavy (non-hydrogen) atoms. The fourth-order valence-corrected chi connectivity index (χ4v) is 4.59. The number of hydrogen-bond donors (Lipinski definition) is 0. The molecule has 3 aromatic rings. The highest BCUT2D eigenvalue weighted by molar-refractivity contribution is 8.26. The van der Waals surface area contributed by atoms with Crippen LogP contribution in [0.1, 0.15) is 41.4 Å². The van der Waals surface area contributed by atoms with Gasteiger partial charge in [0.25, 0.3) is 5.91 Å². The van der Waals surface area contributed by atoms with E-state index >= 15 is 0 Å². The number of halogens is 2. The molecule has 0 bridgehead atoms. The molecule has 0 aliphatic carbocycles. The van der Waals surface area contributed by atoms with Gasteiger partial charge in [-0.3, -0.25) is 9.69 Å². The molecule has 4 rings (SSSR count). The minimum absolute atomic E-state index is 0.0422. The Morgan fingerprint density at radius 3 is 2.66 bits per heavy atom. The molecule has 1 aliphatic rings. The first kappa shape index (κ1) is 24.8. The molecule has 0 radical (unpaired) electrons. The quantitative estimate of drug-likeness (QED) is 0.147. The molecule has 2 heterocycles. The van der Waals surface area contributed by atoms with Crippen molar-refractivity contribution in [3.8, 4) is 11.3 Å². The van der Waals surface area contributed by atoms with E-state index in [1.807, 2.05) is 6.92 Å². The molecule has 1 fully saturated rings. The van der Waals surface area contributed by atoms with Crippen LogP contribution in [0.2, 0.25) is 0 Å². The number of furan rings is 1. The number of carbonyl (C=O) groups excluding carboxylic acids is 2. The Labute approximate surface area is 210 Å². The first-order valence-electron chi connectivity index (χ1n) is 10.9. The van der Waals surface area contributed by atoms with Crippen LogP contribution < -0.4 is 0 Å². The van der Waals surface area contributed by atoms with Crippen molar-refractivity contribution >= 4 is 46.3 Å². The summed E-state index contributed by atoms with van der Waals surface area (Å²) < 4.78 is 38.9. The van der Waals surface area contributed by atoms with Crippen molar-refractivity contribution < 1.29 is 27.5 Å². The van der Waals surface area contributed by atoms with Gasteiger partial charge in [0.1, 0.15) is 15.8 Å². The van der Waals surface area contributed by atoms with Gasteiger partial charge in [0, 0.05) is 17.2 Å². The fourth-order valence-electron chi connectivity index (χ4n) is 3.36. The minimum Gasteiger partial charge on any atom is -0.462 e. The molecule has 180 valence electrons. The lowest BCUT2D eigenvalue weighted by molar-refractivity contribution is -0.122. The molecule has 1 amide bonds. The Kier molecular flexibility index (Phi) is 7.77. The fraction of sp³-hybridized carbons (Fsp3) is 0.192. The van der Waals surface area contributed by atoms with E-state index in [0.29, 0.717) is 28.6 Å². The Bertz CT molecular complexity index is 1300. The zero-order valence-corrected chi connectivity index (χ0v) is 20.4. The Morgan fingerprint density at radius 1 is 1.14 bits per heavy atom. The largest absolute Gasteiger partial charge is 0.462 e. The van der Waals surface area contributed by atoms with Gasteiger partial charge >= 0.3 is 5.97 Å². The third kappa shape index (κ3) is 5.68. The lowest BCUT2D eigenvalue weighted by Crippen LogP contribution is -2.27. The second-order valence-electron chi connectivity index (χ2n) is 7.75. The zero-order valence-electron chi connectivity index (χ0n) is 18.8. The standard InChI is InChI=1S/C26H21F2NO4S2/c1-2-3-13-32-25(31)17-9-7-16(8-10-17)21-12-11-19(33-21)14-22-24(30)29(26(34)35-22)15-18-5-4-6-20(27)23(18)28/h4-12,14H,2-3,13,15H2,1H3/b22-14+. The normalized spacial score (nSPS) is 14.7. The summed E-state index contributed by atoms with van der Waals surface area (Å²) in [7, 11) is 0. The summed E-state index contributed by atoms with van der Waals surface area (Å²) >= 11 is 6.34. The van der Waals surface area contributed by atoms with Gasteiger partial charge in [-0.25, -0.2) is 13.6 Å². The van der Waals surface area contributed by atoms with E-state index in [4.69, 9.17) is 21.4 Å². The van der Waals surface area contributed by atoms with Gasteiger partial charge in [0.05, 0.1) is 23.6 Å². The molecule has 0 atom stereocenters. The predicted octanol–water partition coefficient (Wildman–Crippen LogP) is 6.58. The van der Waals surface area contributed by atoms with Crippen LogP contribution in [-0.2, 0) is 16.1 Å². The highest BCUT2D eigenvalue weighted by Gasteiger charge is 2.33. The van der Waals surface area contributed by atoms with Crippen LogP contribution in [0.3, 0.4) is 0 Å². The summed E-state index contributed by atoms with van der Waals surface area (Å²) in [5, 5.41) is 0. The summed E-state index contributed by atoms with van der Waals surface area (Å²) in [5.74, 6) is -1.77. The van der Waals surface area contributed by atoms with E-state index in [2.05, 4.69) is 0 Å². The molecule has 2 aromatic carbocycles. The molecule has 0 N–H and O–H groups in total. The first-order chi connectivity index (χ1) is 16.9. The van der Waals surface area contributed by atoms with E-state index in [9.17, 15) is 18.4 Å². The maximum atomic E-state index is 14.0. The predicted molar refractivity (Wildman–Crippen MR) is 134 cm³/mol. The van der Waals surface area contributed by atoms with Crippen molar-refractivity contribution in [1.82, 2.24) is 4.90 Å². The molecule has 9 heteroatoms. The third-order valence-corrected chi connectivity index (χ3v) is 6.65. The Hall–Kier alpha value is -3.30. The average molecular weight is 514 g/mol. The van der Waals surface area contributed by atoms with Crippen molar-refractivity contribution in [3.05, 3.63) is 88.0 Å². The van der Waals surface area contributed by atoms with Gasteiger partial charge in [-0.2, -0.15) is 0 Å². The molecule has 0 unspecified atom stereocenters. The summed E-state index contributed by atoms with van der Waals surface area (Å²) in [6.45, 7) is 2.25. The van der Waals surface area contributed by atoms with Crippen LogP contribution in [0.5, 0.6) is 0 Å². The SMILES string of the molecule is CCCCOC(=O)c1ccc(-c2ccc(/C=C3/SC(=S)N(Cc4cccc(F)c4F)C3=O)o2)cc1. The lowest BCUT2D eigenvalue weighted by atomic mass is 10.1. The summed E-state index contributed by atoms with van der Waals surface area (Å²) in [5.41, 5.74) is 1.25. The molecule has 0 spiro atoms. The number of esters is 1. The van der Waals surface area contributed by atoms with Crippen molar-refractivity contribution in [2.75, 3.05) is 6.61 Å². The third-order valence-electron chi connectivity index (χ3n) is 5.27. The van der Waals surface area contributed by atoms with E-state index in [0.717, 1.165) is 36.2 Å². The number of nitrogens with zero attached hydrogens (tertiary/aromatic N) is 1. The van der Waals surface area contributed by atoms with Gasteiger partial charge in [-0.05, 0) is 36.8 Å². The first-order valence-corrected chi connectivity index (χ1v) is 12.2. The lowest BCUT2D eigenvalue weighted by Gasteiger charge is -2.15. The summed E-state index contributed by atoms with van der Waals surface area (Å²) in [6.07, 6.45) is 3.33. The number of rotatable bonds is 8. The van der Waals surface area contributed by atoms with Crippen LogP contribution in [0.15, 0.2) is 63.9 Å². The number of benzene rings is 2. The monoisotopic (exact) mass is 513 g/mol. The van der Waals surface area contributed by atoms with Crippen LogP contribution >= 0.6 is 24.0 Å². The molecule has 5 nitrogen and oxygen atoms in total. The second-order valence-corrected chi connectivity index (χ2v) is 9.43. The molecule has 0 saturated carbocycles. The van der Waals surface area contributed by atoms with Crippen molar-refractivity contribution in [2.45, 2.75) is 26.3 Å². The van der Waals surface area contributed by atoms with E-state index in [1.54, 1.807) is 42.5 Å². The summed E-state index contributed by atoms with van der Waals surface area (Å²) in [6, 6.07) is 14.1.